The number of halogens is 2. The number of hydrogen-bond donors (Lipinski definition) is 3. The van der Waals surface area contributed by atoms with Crippen molar-refractivity contribution in [3.63, 3.8) is 0 Å². The highest BCUT2D eigenvalue weighted by Crippen LogP contribution is 2.39. The van der Waals surface area contributed by atoms with Crippen LogP contribution >= 0.6 is 12.4 Å². The van der Waals surface area contributed by atoms with E-state index in [0.29, 0.717) is 46.1 Å². The van der Waals surface area contributed by atoms with Gasteiger partial charge in [-0.1, -0.05) is 0 Å². The van der Waals surface area contributed by atoms with Crippen LogP contribution < -0.4 is 20.1 Å². The van der Waals surface area contributed by atoms with Crippen LogP contribution in [0.2, 0.25) is 0 Å². The van der Waals surface area contributed by atoms with Gasteiger partial charge in [0, 0.05) is 23.9 Å². The summed E-state index contributed by atoms with van der Waals surface area (Å²) in [6, 6.07) is 3.05. The fourth-order valence-electron chi connectivity index (χ4n) is 4.03. The second-order valence-electron chi connectivity index (χ2n) is 8.38. The van der Waals surface area contributed by atoms with Crippen molar-refractivity contribution in [1.29, 1.82) is 0 Å². The van der Waals surface area contributed by atoms with E-state index in [9.17, 15) is 9.18 Å². The number of aromatic amines is 1. The lowest BCUT2D eigenvalue weighted by atomic mass is 10.1. The van der Waals surface area contributed by atoms with Crippen LogP contribution in [-0.2, 0) is 0 Å². The monoisotopic (exact) mass is 475 g/mol. The van der Waals surface area contributed by atoms with Crippen LogP contribution in [0.3, 0.4) is 0 Å². The number of amides is 1. The zero-order valence-corrected chi connectivity index (χ0v) is 19.1. The summed E-state index contributed by atoms with van der Waals surface area (Å²) in [5.74, 6) is 0.330. The summed E-state index contributed by atoms with van der Waals surface area (Å²) in [4.78, 5) is 24.9. The van der Waals surface area contributed by atoms with Crippen molar-refractivity contribution in [3.8, 4) is 22.8 Å². The molecule has 0 radical (unpaired) electrons. The van der Waals surface area contributed by atoms with Crippen molar-refractivity contribution in [2.24, 2.45) is 5.92 Å². The summed E-state index contributed by atoms with van der Waals surface area (Å²) in [5, 5.41) is 6.39. The number of H-pyrrole nitrogens is 1. The van der Waals surface area contributed by atoms with E-state index in [4.69, 9.17) is 9.47 Å². The molecule has 0 unspecified atom stereocenters. The molecule has 1 aliphatic carbocycles. The number of nitrogens with zero attached hydrogens (tertiary/aromatic N) is 2. The Kier molecular flexibility index (Phi) is 6.99. The Morgan fingerprint density at radius 3 is 2.70 bits per heavy atom. The lowest BCUT2D eigenvalue weighted by Crippen LogP contribution is -2.42. The fraction of sp³-hybridized carbons (Fsp3) is 0.435. The number of rotatable bonds is 7. The summed E-state index contributed by atoms with van der Waals surface area (Å²) in [6.45, 7) is 2.31. The highest BCUT2D eigenvalue weighted by molar-refractivity contribution is 6.08. The number of methoxy groups -OCH3 is 1. The average Bonchev–Trinajstić information content (AvgIpc) is 3.54. The molecule has 1 amide bonds. The highest BCUT2D eigenvalue weighted by atomic mass is 35.5. The molecule has 2 aliphatic rings. The van der Waals surface area contributed by atoms with Crippen LogP contribution in [0, 0.1) is 11.7 Å². The maximum Gasteiger partial charge on any atom is 0.255 e. The largest absolute Gasteiger partial charge is 0.494 e. The molecule has 0 bridgehead atoms. The molecule has 1 saturated heterocycles. The second-order valence-corrected chi connectivity index (χ2v) is 8.38. The Balaban J connectivity index is 0.00000259. The predicted molar refractivity (Wildman–Crippen MR) is 125 cm³/mol. The van der Waals surface area contributed by atoms with Gasteiger partial charge in [0.05, 0.1) is 24.8 Å². The topological polar surface area (TPSA) is 101 Å². The summed E-state index contributed by atoms with van der Waals surface area (Å²) >= 11 is 0. The molecule has 3 heterocycles. The number of fused-ring (bicyclic) bond motifs is 1. The van der Waals surface area contributed by atoms with E-state index in [-0.39, 0.29) is 30.1 Å². The number of piperidine rings is 1. The van der Waals surface area contributed by atoms with E-state index in [0.717, 1.165) is 38.8 Å². The van der Waals surface area contributed by atoms with Gasteiger partial charge in [-0.2, -0.15) is 0 Å². The molecule has 1 saturated carbocycles. The standard InChI is InChI=1S/C23H26FN5O3.ClH/c1-31-19-8-15(18(9-17(19)24)32-11-13-2-3-13)20-22-21(28-12-27-20)16(10-26-22)23(30)29-14-4-6-25-7-5-14;/h8-10,12-14,25-26H,2-7,11H2,1H3,(H,29,30);1H. The Labute approximate surface area is 197 Å². The number of benzene rings is 1. The third kappa shape index (κ3) is 4.89. The number of ether oxygens (including phenoxy) is 2. The van der Waals surface area contributed by atoms with Crippen molar-refractivity contribution in [2.75, 3.05) is 26.8 Å². The normalized spacial score (nSPS) is 16.3. The Morgan fingerprint density at radius 2 is 1.97 bits per heavy atom. The third-order valence-electron chi connectivity index (χ3n) is 6.06. The lowest BCUT2D eigenvalue weighted by Gasteiger charge is -2.23. The van der Waals surface area contributed by atoms with Gasteiger partial charge in [0.1, 0.15) is 23.3 Å². The number of aromatic nitrogens is 3. The molecule has 3 N–H and O–H groups in total. The molecule has 33 heavy (non-hydrogen) atoms. The molecule has 0 spiro atoms. The minimum Gasteiger partial charge on any atom is -0.494 e. The minimum absolute atomic E-state index is 0. The van der Waals surface area contributed by atoms with Gasteiger partial charge in [0.15, 0.2) is 11.6 Å². The lowest BCUT2D eigenvalue weighted by molar-refractivity contribution is 0.0931. The van der Waals surface area contributed by atoms with Gasteiger partial charge in [-0.05, 0) is 50.8 Å². The van der Waals surface area contributed by atoms with Gasteiger partial charge in [-0.25, -0.2) is 14.4 Å². The fourth-order valence-corrected chi connectivity index (χ4v) is 4.03. The van der Waals surface area contributed by atoms with E-state index in [1.54, 1.807) is 12.3 Å². The third-order valence-corrected chi connectivity index (χ3v) is 6.06. The molecule has 2 fully saturated rings. The van der Waals surface area contributed by atoms with Gasteiger partial charge in [-0.3, -0.25) is 4.79 Å². The van der Waals surface area contributed by atoms with E-state index in [1.807, 2.05) is 0 Å². The zero-order chi connectivity index (χ0) is 22.1. The van der Waals surface area contributed by atoms with E-state index >= 15 is 0 Å². The second kappa shape index (κ2) is 9.93. The Morgan fingerprint density at radius 1 is 1.18 bits per heavy atom. The van der Waals surface area contributed by atoms with Gasteiger partial charge < -0.3 is 25.1 Å². The first-order chi connectivity index (χ1) is 15.6. The maximum absolute atomic E-state index is 14.4. The first-order valence-corrected chi connectivity index (χ1v) is 11.0. The highest BCUT2D eigenvalue weighted by Gasteiger charge is 2.25. The van der Waals surface area contributed by atoms with Crippen molar-refractivity contribution in [2.45, 2.75) is 31.7 Å². The SMILES string of the molecule is COc1cc(-c2ncnc3c(C(=O)NC4CCNCC4)c[nH]c23)c(OCC2CC2)cc1F.Cl. The minimum atomic E-state index is -0.499. The molecule has 2 aromatic heterocycles. The Bertz CT molecular complexity index is 1140. The molecular weight excluding hydrogens is 449 g/mol. The van der Waals surface area contributed by atoms with E-state index in [2.05, 4.69) is 25.6 Å². The van der Waals surface area contributed by atoms with Crippen LogP contribution in [0.5, 0.6) is 11.5 Å². The first-order valence-electron chi connectivity index (χ1n) is 11.0. The zero-order valence-electron chi connectivity index (χ0n) is 18.3. The molecular formula is C23H27ClFN5O3. The Hall–Kier alpha value is -2.91. The summed E-state index contributed by atoms with van der Waals surface area (Å²) in [6.07, 6.45) is 7.09. The maximum atomic E-state index is 14.4. The van der Waals surface area contributed by atoms with Crippen molar-refractivity contribution in [3.05, 3.63) is 36.0 Å². The average molecular weight is 476 g/mol. The smallest absolute Gasteiger partial charge is 0.255 e. The summed E-state index contributed by atoms with van der Waals surface area (Å²) in [5.41, 5.74) is 2.67. The molecule has 176 valence electrons. The molecule has 1 aliphatic heterocycles. The molecule has 8 nitrogen and oxygen atoms in total. The number of nitrogens with one attached hydrogen (secondary N) is 3. The first kappa shape index (κ1) is 23.3. The van der Waals surface area contributed by atoms with Crippen molar-refractivity contribution >= 4 is 29.3 Å². The van der Waals surface area contributed by atoms with Gasteiger partial charge in [0.25, 0.3) is 5.91 Å². The van der Waals surface area contributed by atoms with Crippen molar-refractivity contribution in [1.82, 2.24) is 25.6 Å². The van der Waals surface area contributed by atoms with E-state index in [1.165, 1.54) is 19.5 Å². The number of carbonyl (C=O) groups is 1. The van der Waals surface area contributed by atoms with Crippen LogP contribution in [0.4, 0.5) is 4.39 Å². The van der Waals surface area contributed by atoms with Gasteiger partial charge in [0.2, 0.25) is 0 Å². The number of hydrogen-bond acceptors (Lipinski definition) is 6. The predicted octanol–water partition coefficient (Wildman–Crippen LogP) is 3.47. The molecule has 10 heteroatoms. The van der Waals surface area contributed by atoms with Gasteiger partial charge in [-0.15, -0.1) is 12.4 Å². The molecule has 5 rings (SSSR count). The molecule has 0 atom stereocenters. The molecule has 1 aromatic carbocycles. The number of carbonyl (C=O) groups excluding carboxylic acids is 1. The van der Waals surface area contributed by atoms with Crippen LogP contribution in [0.1, 0.15) is 36.0 Å². The molecule has 3 aromatic rings. The van der Waals surface area contributed by atoms with Crippen LogP contribution in [-0.4, -0.2) is 53.7 Å². The van der Waals surface area contributed by atoms with Crippen LogP contribution in [0.25, 0.3) is 22.3 Å². The van der Waals surface area contributed by atoms with E-state index < -0.39 is 5.82 Å². The van der Waals surface area contributed by atoms with Crippen molar-refractivity contribution < 1.29 is 18.7 Å². The quantitative estimate of drug-likeness (QED) is 0.483. The summed E-state index contributed by atoms with van der Waals surface area (Å²) < 4.78 is 25.6. The summed E-state index contributed by atoms with van der Waals surface area (Å²) in [7, 11) is 1.42. The van der Waals surface area contributed by atoms with Gasteiger partial charge >= 0.3 is 0 Å². The van der Waals surface area contributed by atoms with Crippen LogP contribution in [0.15, 0.2) is 24.7 Å².